The van der Waals surface area contributed by atoms with Gasteiger partial charge in [-0.25, -0.2) is 0 Å². The standard InChI is InChI=1S/C46H45ClN8O10/c1-2-64-39-24-35-32(43(28(25-48)26-51-35)52-29-9-11-38(33(47)22-29)65-27-30-6-3-4-14-49-30)23-36(39)53-41(57)13-16-61-18-20-63-21-19-62-17-15-50-34-8-5-7-31-42(34)46(60)55(45(31)59)37-10-12-40(56)54-44(37)58/h3-9,11,14,22-24,26,37,50H,2,10,12-13,15-21,27H2,1H3,(H,51,52)(H,53,57)(H,54,56,58). The number of anilines is 4. The lowest BCUT2D eigenvalue weighted by Crippen LogP contribution is -2.54. The van der Waals surface area contributed by atoms with Gasteiger partial charge in [0, 0.05) is 48.2 Å². The normalized spacial score (nSPS) is 14.5. The molecule has 18 nitrogen and oxygen atoms in total. The molecule has 0 aliphatic carbocycles. The number of nitrogens with zero attached hydrogens (tertiary/aromatic N) is 4. The van der Waals surface area contributed by atoms with Crippen LogP contribution in [0.25, 0.3) is 10.9 Å². The van der Waals surface area contributed by atoms with Gasteiger partial charge in [-0.05, 0) is 61.9 Å². The highest BCUT2D eigenvalue weighted by molar-refractivity contribution is 6.32. The summed E-state index contributed by atoms with van der Waals surface area (Å²) in [7, 11) is 0. The maximum Gasteiger partial charge on any atom is 0.264 e. The Morgan fingerprint density at radius 3 is 2.43 bits per heavy atom. The van der Waals surface area contributed by atoms with E-state index in [1.807, 2.05) is 25.1 Å². The first-order chi connectivity index (χ1) is 31.6. The molecule has 19 heteroatoms. The van der Waals surface area contributed by atoms with Crippen molar-refractivity contribution in [3.63, 3.8) is 0 Å². The Labute approximate surface area is 378 Å². The highest BCUT2D eigenvalue weighted by Crippen LogP contribution is 2.38. The molecule has 3 aromatic carbocycles. The quantitative estimate of drug-likeness (QED) is 0.0477. The Morgan fingerprint density at radius 2 is 1.69 bits per heavy atom. The topological polar surface area (TPSA) is 232 Å². The first-order valence-corrected chi connectivity index (χ1v) is 21.2. The van der Waals surface area contributed by atoms with E-state index in [1.54, 1.807) is 48.7 Å². The fourth-order valence-electron chi connectivity index (χ4n) is 7.13. The number of hydrogen-bond acceptors (Lipinski definition) is 15. The van der Waals surface area contributed by atoms with Gasteiger partial charge < -0.3 is 39.6 Å². The van der Waals surface area contributed by atoms with Gasteiger partial charge in [0.15, 0.2) is 0 Å². The number of halogens is 1. The Morgan fingerprint density at radius 1 is 0.892 bits per heavy atom. The van der Waals surface area contributed by atoms with E-state index in [2.05, 4.69) is 37.3 Å². The minimum atomic E-state index is -1.04. The Hall–Kier alpha value is -7.17. The fraction of sp³-hybridized carbons (Fsp3) is 0.304. The highest BCUT2D eigenvalue weighted by atomic mass is 35.5. The van der Waals surface area contributed by atoms with Crippen molar-refractivity contribution >= 4 is 74.8 Å². The molecule has 7 rings (SSSR count). The zero-order chi connectivity index (χ0) is 45.7. The molecule has 4 heterocycles. The summed E-state index contributed by atoms with van der Waals surface area (Å²) >= 11 is 6.58. The van der Waals surface area contributed by atoms with Crippen molar-refractivity contribution in [3.05, 3.63) is 107 Å². The molecular weight excluding hydrogens is 860 g/mol. The number of rotatable bonds is 22. The number of fused-ring (bicyclic) bond motifs is 2. The molecule has 5 amide bonds. The van der Waals surface area contributed by atoms with Gasteiger partial charge in [-0.15, -0.1) is 0 Å². The number of aromatic nitrogens is 2. The van der Waals surface area contributed by atoms with Crippen molar-refractivity contribution in [2.24, 2.45) is 0 Å². The number of pyridine rings is 2. The molecule has 2 aliphatic heterocycles. The molecule has 65 heavy (non-hydrogen) atoms. The number of nitrogens with one attached hydrogen (secondary N) is 4. The number of imide groups is 2. The monoisotopic (exact) mass is 904 g/mol. The molecular formula is C46H45ClN8O10. The van der Waals surface area contributed by atoms with Crippen LogP contribution in [0.15, 0.2) is 79.1 Å². The summed E-state index contributed by atoms with van der Waals surface area (Å²) in [5.74, 6) is -1.70. The number of ether oxygens (including phenoxy) is 5. The van der Waals surface area contributed by atoms with E-state index in [4.69, 9.17) is 35.3 Å². The summed E-state index contributed by atoms with van der Waals surface area (Å²) in [6.45, 7) is 4.25. The van der Waals surface area contributed by atoms with E-state index < -0.39 is 29.7 Å². The van der Waals surface area contributed by atoms with E-state index in [-0.39, 0.29) is 81.5 Å². The summed E-state index contributed by atoms with van der Waals surface area (Å²) in [6.07, 6.45) is 3.32. The number of piperidine rings is 1. The van der Waals surface area contributed by atoms with Crippen LogP contribution in [0.2, 0.25) is 5.02 Å². The lowest BCUT2D eigenvalue weighted by molar-refractivity contribution is -0.136. The molecule has 1 saturated heterocycles. The van der Waals surface area contributed by atoms with E-state index >= 15 is 0 Å². The second-order valence-electron chi connectivity index (χ2n) is 14.6. The van der Waals surface area contributed by atoms with E-state index in [0.29, 0.717) is 69.9 Å². The molecule has 1 atom stereocenters. The third-order valence-corrected chi connectivity index (χ3v) is 10.5. The van der Waals surface area contributed by atoms with Crippen LogP contribution >= 0.6 is 11.6 Å². The molecule has 4 N–H and O–H groups in total. The molecule has 0 bridgehead atoms. The lowest BCUT2D eigenvalue weighted by atomic mass is 10.0. The van der Waals surface area contributed by atoms with Gasteiger partial charge in [-0.2, -0.15) is 5.26 Å². The summed E-state index contributed by atoms with van der Waals surface area (Å²) in [5, 5.41) is 22.4. The summed E-state index contributed by atoms with van der Waals surface area (Å²) in [4.78, 5) is 73.0. The van der Waals surface area contributed by atoms with Crippen LogP contribution in [-0.4, -0.2) is 103 Å². The van der Waals surface area contributed by atoms with Crippen molar-refractivity contribution in [1.82, 2.24) is 20.2 Å². The van der Waals surface area contributed by atoms with Gasteiger partial charge in [0.1, 0.15) is 30.2 Å². The number of amides is 5. The third kappa shape index (κ3) is 11.3. The van der Waals surface area contributed by atoms with Crippen LogP contribution in [0.5, 0.6) is 11.5 Å². The molecule has 0 radical (unpaired) electrons. The maximum absolute atomic E-state index is 13.3. The largest absolute Gasteiger partial charge is 0.492 e. The Kier molecular flexibility index (Phi) is 15.5. The molecule has 2 aliphatic rings. The van der Waals surface area contributed by atoms with Crippen LogP contribution in [0.1, 0.15) is 58.2 Å². The Balaban J connectivity index is 0.829. The predicted molar refractivity (Wildman–Crippen MR) is 238 cm³/mol. The number of nitriles is 1. The summed E-state index contributed by atoms with van der Waals surface area (Å²) in [6, 6.07) is 20.2. The molecule has 1 unspecified atom stereocenters. The zero-order valence-electron chi connectivity index (χ0n) is 35.3. The summed E-state index contributed by atoms with van der Waals surface area (Å²) in [5.41, 5.74) is 3.83. The van der Waals surface area contributed by atoms with Crippen LogP contribution < -0.4 is 30.7 Å². The highest BCUT2D eigenvalue weighted by Gasteiger charge is 2.45. The van der Waals surface area contributed by atoms with Crippen LogP contribution in [-0.2, 0) is 35.2 Å². The maximum atomic E-state index is 13.3. The SMILES string of the molecule is CCOc1cc2ncc(C#N)c(Nc3ccc(OCc4ccccn4)c(Cl)c3)c2cc1NC(=O)CCOCCOCCOCCNc1cccc2c1C(=O)N(C1CCC(=O)NC1=O)C2=O. The van der Waals surface area contributed by atoms with Gasteiger partial charge in [-0.1, -0.05) is 23.7 Å². The first kappa shape index (κ1) is 45.8. The second-order valence-corrected chi connectivity index (χ2v) is 15.0. The van der Waals surface area contributed by atoms with E-state index in [9.17, 15) is 29.2 Å². The summed E-state index contributed by atoms with van der Waals surface area (Å²) < 4.78 is 28.6. The van der Waals surface area contributed by atoms with Crippen LogP contribution in [0, 0.1) is 11.3 Å². The van der Waals surface area contributed by atoms with Crippen molar-refractivity contribution in [2.75, 3.05) is 68.7 Å². The average Bonchev–Trinajstić information content (AvgIpc) is 3.55. The van der Waals surface area contributed by atoms with Gasteiger partial charge >= 0.3 is 0 Å². The predicted octanol–water partition coefficient (Wildman–Crippen LogP) is 5.77. The Bertz CT molecular complexity index is 2630. The number of carbonyl (C=O) groups excluding carboxylic acids is 5. The molecule has 2 aromatic heterocycles. The van der Waals surface area contributed by atoms with E-state index in [1.165, 1.54) is 12.3 Å². The number of benzene rings is 3. The lowest BCUT2D eigenvalue weighted by Gasteiger charge is -2.27. The van der Waals surface area contributed by atoms with Gasteiger partial charge in [0.2, 0.25) is 17.7 Å². The number of hydrogen-bond donors (Lipinski definition) is 4. The molecule has 336 valence electrons. The van der Waals surface area contributed by atoms with E-state index in [0.717, 1.165) is 10.6 Å². The van der Waals surface area contributed by atoms with Crippen molar-refractivity contribution in [2.45, 2.75) is 38.8 Å². The molecule has 0 saturated carbocycles. The smallest absolute Gasteiger partial charge is 0.264 e. The molecule has 0 spiro atoms. The van der Waals surface area contributed by atoms with Gasteiger partial charge in [0.25, 0.3) is 11.8 Å². The van der Waals surface area contributed by atoms with Crippen molar-refractivity contribution < 1.29 is 47.7 Å². The van der Waals surface area contributed by atoms with Crippen LogP contribution in [0.4, 0.5) is 22.7 Å². The minimum Gasteiger partial charge on any atom is -0.492 e. The van der Waals surface area contributed by atoms with Crippen molar-refractivity contribution in [3.8, 4) is 17.6 Å². The molecule has 1 fully saturated rings. The van der Waals surface area contributed by atoms with Gasteiger partial charge in [-0.3, -0.25) is 44.2 Å². The zero-order valence-corrected chi connectivity index (χ0v) is 36.1. The van der Waals surface area contributed by atoms with Gasteiger partial charge in [0.05, 0.1) is 97.0 Å². The first-order valence-electron chi connectivity index (χ1n) is 20.9. The fourth-order valence-corrected chi connectivity index (χ4v) is 7.36. The number of carbonyl (C=O) groups is 5. The minimum absolute atomic E-state index is 0.0414. The van der Waals surface area contributed by atoms with Crippen molar-refractivity contribution in [1.29, 1.82) is 5.26 Å². The van der Waals surface area contributed by atoms with Crippen LogP contribution in [0.3, 0.4) is 0 Å². The average molecular weight is 905 g/mol. The third-order valence-electron chi connectivity index (χ3n) is 10.2. The molecule has 5 aromatic rings. The second kappa shape index (κ2) is 22.0.